The molecule has 5 nitrogen and oxygen atoms in total. The number of ether oxygens (including phenoxy) is 1. The van der Waals surface area contributed by atoms with Crippen LogP contribution in [0.4, 0.5) is 0 Å². The first-order valence-electron chi connectivity index (χ1n) is 7.05. The predicted molar refractivity (Wildman–Crippen MR) is 88.1 cm³/mol. The van der Waals surface area contributed by atoms with Crippen molar-refractivity contribution in [3.63, 3.8) is 0 Å². The molecule has 0 amide bonds. The maximum absolute atomic E-state index is 5.66. The van der Waals surface area contributed by atoms with E-state index in [-0.39, 0.29) is 0 Å². The Hall–Kier alpha value is -1.65. The van der Waals surface area contributed by atoms with E-state index < -0.39 is 0 Å². The molecule has 0 saturated heterocycles. The molecular weight excluding hydrogens is 555 g/mol. The third-order valence-corrected chi connectivity index (χ3v) is 3.27. The monoisotopic (exact) mass is 571 g/mol. The summed E-state index contributed by atoms with van der Waals surface area (Å²) in [6.07, 6.45) is 11.2. The molecule has 0 bridgehead atoms. The SMILES string of the molecule is C=[N+]1[CH-]C(OCC)=[O+][C-]1C1=[C-]/C(=c2/[o+]c[c-](C)[n+]2=C)[CH-]C=C1.[Br][Pt+]. The normalized spacial score (nSPS) is 18.2. The van der Waals surface area contributed by atoms with Crippen LogP contribution in [0.25, 0.3) is 5.57 Å². The van der Waals surface area contributed by atoms with E-state index in [1.807, 2.05) is 50.2 Å². The van der Waals surface area contributed by atoms with Crippen LogP contribution in [0.5, 0.6) is 0 Å². The third kappa shape index (κ3) is 3.87. The fourth-order valence-corrected chi connectivity index (χ4v) is 2.14. The molecule has 0 aromatic carbocycles. The minimum atomic E-state index is 0.423. The van der Waals surface area contributed by atoms with Crippen LogP contribution >= 0.6 is 13.3 Å². The molecule has 1 aromatic rings. The predicted octanol–water partition coefficient (Wildman–Crippen LogP) is 1.49. The first-order chi connectivity index (χ1) is 11.6. The Kier molecular flexibility index (Phi) is 6.58. The van der Waals surface area contributed by atoms with E-state index in [0.717, 1.165) is 16.8 Å². The number of hydrogen-bond acceptors (Lipinski definition) is 1. The number of rotatable bonds is 2. The Balaban J connectivity index is 0.00000100. The summed E-state index contributed by atoms with van der Waals surface area (Å²) in [5.74, 6) is 0.423. The van der Waals surface area contributed by atoms with Crippen molar-refractivity contribution in [3.8, 4) is 0 Å². The minimum absolute atomic E-state index is 0.423. The van der Waals surface area contributed by atoms with Crippen LogP contribution < -0.4 is 9.79 Å². The van der Waals surface area contributed by atoms with Gasteiger partial charge in [-0.2, -0.15) is 5.57 Å². The van der Waals surface area contributed by atoms with Crippen molar-refractivity contribution in [1.29, 1.82) is 0 Å². The van der Waals surface area contributed by atoms with Gasteiger partial charge in [0.2, 0.25) is 0 Å². The van der Waals surface area contributed by atoms with Gasteiger partial charge in [-0.15, -0.1) is 5.57 Å². The molecule has 0 spiro atoms. The molecule has 3 rings (SSSR count). The van der Waals surface area contributed by atoms with Crippen molar-refractivity contribution in [2.75, 3.05) is 6.61 Å². The molecule has 2 heterocycles. The fraction of sp³-hybridized carbons (Fsp3) is 0.176. The van der Waals surface area contributed by atoms with E-state index in [1.54, 1.807) is 21.6 Å². The summed E-state index contributed by atoms with van der Waals surface area (Å²) in [6, 6.07) is 0. The zero-order chi connectivity index (χ0) is 17.7. The van der Waals surface area contributed by atoms with E-state index in [1.165, 1.54) is 0 Å². The molecular formula is C17H17BrN2O3Pt. The van der Waals surface area contributed by atoms with Gasteiger partial charge in [-0.3, -0.25) is 18.6 Å². The number of carbonyl (C=O) groups excluding carboxylic acids is 1. The standard InChI is InChI=1S/C17H17N2O3.BrH.Pt/c1-5-20-15-10-18(3)16(22-15)13-7-6-8-14(9-13)17-19(4)12(2)11-21-17;;/h6-8,10-11H,3-5H2,1-2H3;1H;/q-1;;+2/p-1/b17-14+;;. The summed E-state index contributed by atoms with van der Waals surface area (Å²) < 4.78 is 19.9. The summed E-state index contributed by atoms with van der Waals surface area (Å²) >= 11 is 4.86. The number of hydrogen-bond donors (Lipinski definition) is 0. The summed E-state index contributed by atoms with van der Waals surface area (Å²) in [5.41, 5.74) is 3.10. The molecule has 0 unspecified atom stereocenters. The first kappa shape index (κ1) is 18.7. The molecule has 130 valence electrons. The van der Waals surface area contributed by atoms with Crippen LogP contribution in [0, 0.1) is 38.9 Å². The average molecular weight is 572 g/mol. The van der Waals surface area contributed by atoms with Crippen LogP contribution in [0.3, 0.4) is 0 Å². The van der Waals surface area contributed by atoms with E-state index in [0.29, 0.717) is 24.4 Å². The summed E-state index contributed by atoms with van der Waals surface area (Å²) in [7, 11) is 0. The summed E-state index contributed by atoms with van der Waals surface area (Å²) in [5, 5.41) is 0. The molecule has 0 saturated carbocycles. The van der Waals surface area contributed by atoms with Gasteiger partial charge in [0.25, 0.3) is 6.23 Å². The Labute approximate surface area is 159 Å². The van der Waals surface area contributed by atoms with Crippen LogP contribution in [0.2, 0.25) is 0 Å². The van der Waals surface area contributed by atoms with Gasteiger partial charge in [-0.1, -0.05) is 6.72 Å². The number of esters is 1. The molecule has 24 heavy (non-hydrogen) atoms. The molecule has 0 atom stereocenters. The van der Waals surface area contributed by atoms with Crippen molar-refractivity contribution in [3.05, 3.63) is 67.2 Å². The zero-order valence-corrected chi connectivity index (χ0v) is 17.2. The Bertz CT molecular complexity index is 823. The third-order valence-electron chi connectivity index (χ3n) is 3.27. The number of allylic oxidation sites excluding steroid dienone is 2. The van der Waals surface area contributed by atoms with Gasteiger partial charge in [0.1, 0.15) is 6.54 Å². The van der Waals surface area contributed by atoms with Crippen molar-refractivity contribution >= 4 is 31.6 Å². The van der Waals surface area contributed by atoms with Crippen LogP contribution in [-0.2, 0) is 26.9 Å². The summed E-state index contributed by atoms with van der Waals surface area (Å²) in [4.78, 5) is 0. The topological polar surface area (TPSA) is 40.7 Å². The van der Waals surface area contributed by atoms with Gasteiger partial charge in [0.15, 0.2) is 12.3 Å². The number of aryl methyl sites for hydroxylation is 1. The zero-order valence-electron chi connectivity index (χ0n) is 13.3. The van der Waals surface area contributed by atoms with Crippen LogP contribution in [0.1, 0.15) is 12.6 Å². The van der Waals surface area contributed by atoms with E-state index >= 15 is 0 Å². The second-order valence-electron chi connectivity index (χ2n) is 4.85. The second kappa shape index (κ2) is 8.45. The number of aromatic nitrogens is 1. The second-order valence-corrected chi connectivity index (χ2v) is 4.85. The van der Waals surface area contributed by atoms with Gasteiger partial charge in [-0.05, 0) is 13.8 Å². The average Bonchev–Trinajstić information content (AvgIpc) is 3.13. The summed E-state index contributed by atoms with van der Waals surface area (Å²) in [6.45, 7) is 13.9. The molecule has 7 heteroatoms. The van der Waals surface area contributed by atoms with Gasteiger partial charge in [0.05, 0.1) is 0 Å². The molecule has 1 aliphatic heterocycles. The Morgan fingerprint density at radius 1 is 1.46 bits per heavy atom. The van der Waals surface area contributed by atoms with E-state index in [2.05, 4.69) is 32.8 Å². The Morgan fingerprint density at radius 3 is 2.83 bits per heavy atom. The van der Waals surface area contributed by atoms with Crippen molar-refractivity contribution in [1.82, 2.24) is 0 Å². The van der Waals surface area contributed by atoms with E-state index in [9.17, 15) is 0 Å². The molecule has 1 aromatic heterocycles. The van der Waals surface area contributed by atoms with E-state index in [4.69, 9.17) is 13.6 Å². The quantitative estimate of drug-likeness (QED) is 0.234. The van der Waals surface area contributed by atoms with Crippen molar-refractivity contribution in [2.45, 2.75) is 13.8 Å². The molecule has 0 fully saturated rings. The number of oxazole rings is 1. The van der Waals surface area contributed by atoms with Crippen LogP contribution in [0.15, 0.2) is 28.4 Å². The molecule has 1 aliphatic carbocycles. The molecule has 0 radical (unpaired) electrons. The van der Waals surface area contributed by atoms with Gasteiger partial charge < -0.3 is 19.8 Å². The van der Waals surface area contributed by atoms with Gasteiger partial charge >= 0.3 is 48.8 Å². The van der Waals surface area contributed by atoms with Gasteiger partial charge in [0, 0.05) is 6.72 Å². The molecule has 0 N–H and O–H groups in total. The van der Waals surface area contributed by atoms with Crippen molar-refractivity contribution in [2.24, 2.45) is 0 Å². The van der Waals surface area contributed by atoms with Crippen molar-refractivity contribution < 1.29 is 40.2 Å². The van der Waals surface area contributed by atoms with Gasteiger partial charge in [-0.25, -0.2) is 8.66 Å². The first-order valence-corrected chi connectivity index (χ1v) is 12.0. The fourth-order valence-electron chi connectivity index (χ4n) is 2.14. The maximum atomic E-state index is 5.66. The Morgan fingerprint density at radius 2 is 2.21 bits per heavy atom. The number of nitrogens with zero attached hydrogens (tertiary/aromatic N) is 2. The number of halogens is 1. The van der Waals surface area contributed by atoms with Crippen LogP contribution in [-0.4, -0.2) is 23.9 Å². The molecule has 2 aliphatic rings.